The summed E-state index contributed by atoms with van der Waals surface area (Å²) in [6.45, 7) is 2.47. The number of carbonyl (C=O) groups is 1. The Morgan fingerprint density at radius 1 is 1.62 bits per heavy atom. The van der Waals surface area contributed by atoms with Gasteiger partial charge in [0, 0.05) is 18.1 Å². The van der Waals surface area contributed by atoms with Crippen molar-refractivity contribution in [1.82, 2.24) is 10.3 Å². The number of nitrogens with zero attached hydrogens (tertiary/aromatic N) is 1. The van der Waals surface area contributed by atoms with Gasteiger partial charge in [-0.15, -0.1) is 11.6 Å². The van der Waals surface area contributed by atoms with Crippen LogP contribution in [-0.4, -0.2) is 22.8 Å². The fraction of sp³-hybridized carbons (Fsp3) is 0.455. The highest BCUT2D eigenvalue weighted by molar-refractivity contribution is 6.20. The summed E-state index contributed by atoms with van der Waals surface area (Å²) in [6, 6.07) is 1.15. The Balaban J connectivity index is 2.41. The van der Waals surface area contributed by atoms with Crippen LogP contribution >= 0.6 is 11.6 Å². The van der Waals surface area contributed by atoms with Gasteiger partial charge >= 0.3 is 0 Å². The fourth-order valence-corrected chi connectivity index (χ4v) is 1.29. The first-order valence-corrected chi connectivity index (χ1v) is 5.60. The first-order valence-electron chi connectivity index (χ1n) is 5.16. The first-order chi connectivity index (χ1) is 7.63. The number of halogens is 2. The van der Waals surface area contributed by atoms with Crippen molar-refractivity contribution in [1.29, 1.82) is 0 Å². The van der Waals surface area contributed by atoms with Crippen molar-refractivity contribution in [3.8, 4) is 0 Å². The second-order valence-electron chi connectivity index (χ2n) is 3.44. The van der Waals surface area contributed by atoms with Crippen LogP contribution < -0.4 is 5.32 Å². The van der Waals surface area contributed by atoms with Gasteiger partial charge in [-0.3, -0.25) is 9.78 Å². The molecule has 1 aromatic heterocycles. The van der Waals surface area contributed by atoms with E-state index in [0.717, 1.165) is 18.7 Å². The van der Waals surface area contributed by atoms with E-state index < -0.39 is 5.82 Å². The second-order valence-corrected chi connectivity index (χ2v) is 4.06. The molecule has 3 nitrogen and oxygen atoms in total. The smallest absolute Gasteiger partial charge is 0.252 e. The maximum atomic E-state index is 12.8. The zero-order valence-electron chi connectivity index (χ0n) is 9.04. The summed E-state index contributed by atoms with van der Waals surface area (Å²) in [5, 5.41) is 2.72. The quantitative estimate of drug-likeness (QED) is 0.808. The molecule has 1 heterocycles. The molecule has 0 spiro atoms. The lowest BCUT2D eigenvalue weighted by Crippen LogP contribution is -2.26. The van der Waals surface area contributed by atoms with Crippen molar-refractivity contribution in [2.75, 3.05) is 6.54 Å². The van der Waals surface area contributed by atoms with E-state index in [-0.39, 0.29) is 16.8 Å². The Morgan fingerprint density at radius 2 is 2.38 bits per heavy atom. The Kier molecular flexibility index (Phi) is 5.19. The number of carbonyl (C=O) groups excluding carboxylic acids is 1. The minimum atomic E-state index is -0.517. The van der Waals surface area contributed by atoms with Gasteiger partial charge in [-0.25, -0.2) is 4.39 Å². The number of alkyl halides is 1. The third kappa shape index (κ3) is 4.14. The summed E-state index contributed by atoms with van der Waals surface area (Å²) in [5.74, 6) is -0.844. The van der Waals surface area contributed by atoms with Gasteiger partial charge < -0.3 is 5.32 Å². The van der Waals surface area contributed by atoms with E-state index in [1.807, 2.05) is 6.92 Å². The molecule has 1 atom stereocenters. The minimum Gasteiger partial charge on any atom is -0.352 e. The zero-order valence-corrected chi connectivity index (χ0v) is 9.80. The van der Waals surface area contributed by atoms with Gasteiger partial charge in [-0.05, 0) is 18.9 Å². The summed E-state index contributed by atoms with van der Waals surface area (Å²) in [4.78, 5) is 15.1. The molecule has 0 bridgehead atoms. The normalized spacial score (nSPS) is 12.2. The van der Waals surface area contributed by atoms with Gasteiger partial charge in [0.15, 0.2) is 0 Å². The minimum absolute atomic E-state index is 0.0611. The van der Waals surface area contributed by atoms with E-state index in [4.69, 9.17) is 11.6 Å². The maximum Gasteiger partial charge on any atom is 0.252 e. The van der Waals surface area contributed by atoms with Crippen molar-refractivity contribution in [2.24, 2.45) is 0 Å². The molecule has 88 valence electrons. The van der Waals surface area contributed by atoms with Crippen LogP contribution in [0.25, 0.3) is 0 Å². The van der Waals surface area contributed by atoms with E-state index in [1.54, 1.807) is 0 Å². The fourth-order valence-electron chi connectivity index (χ4n) is 1.18. The highest BCUT2D eigenvalue weighted by Crippen LogP contribution is 2.05. The van der Waals surface area contributed by atoms with Gasteiger partial charge in [0.2, 0.25) is 0 Å². The standard InChI is InChI=1S/C11H14ClFN2O/c1-2-9(12)3-4-15-11(16)8-5-10(13)7-14-6-8/h5-7,9H,2-4H2,1H3,(H,15,16). The number of hydrogen-bond acceptors (Lipinski definition) is 2. The van der Waals surface area contributed by atoms with Crippen molar-refractivity contribution < 1.29 is 9.18 Å². The highest BCUT2D eigenvalue weighted by Gasteiger charge is 2.07. The van der Waals surface area contributed by atoms with Crippen LogP contribution in [0.3, 0.4) is 0 Å². The molecule has 0 aliphatic heterocycles. The lowest BCUT2D eigenvalue weighted by Gasteiger charge is -2.07. The number of nitrogens with one attached hydrogen (secondary N) is 1. The van der Waals surface area contributed by atoms with Crippen molar-refractivity contribution in [3.63, 3.8) is 0 Å². The summed E-state index contributed by atoms with van der Waals surface area (Å²) in [6.07, 6.45) is 3.95. The van der Waals surface area contributed by atoms with Gasteiger partial charge in [0.05, 0.1) is 11.8 Å². The predicted molar refractivity (Wildman–Crippen MR) is 61.1 cm³/mol. The first kappa shape index (κ1) is 12.9. The van der Waals surface area contributed by atoms with Crippen LogP contribution in [0.5, 0.6) is 0 Å². The number of pyridine rings is 1. The molecule has 0 aliphatic carbocycles. The molecule has 5 heteroatoms. The van der Waals surface area contributed by atoms with Gasteiger partial charge in [-0.1, -0.05) is 6.92 Å². The molecule has 16 heavy (non-hydrogen) atoms. The monoisotopic (exact) mass is 244 g/mol. The number of amides is 1. The molecule has 0 saturated heterocycles. The number of aromatic nitrogens is 1. The van der Waals surface area contributed by atoms with Crippen molar-refractivity contribution in [2.45, 2.75) is 25.1 Å². The molecule has 0 saturated carbocycles. The topological polar surface area (TPSA) is 42.0 Å². The molecule has 1 aromatic rings. The molecule has 0 radical (unpaired) electrons. The van der Waals surface area contributed by atoms with E-state index in [1.165, 1.54) is 6.20 Å². The largest absolute Gasteiger partial charge is 0.352 e. The lowest BCUT2D eigenvalue weighted by atomic mass is 10.2. The van der Waals surface area contributed by atoms with Crippen LogP contribution in [0.4, 0.5) is 4.39 Å². The molecule has 0 fully saturated rings. The molecule has 1 rings (SSSR count). The van der Waals surface area contributed by atoms with E-state index in [2.05, 4.69) is 10.3 Å². The molecule has 0 aromatic carbocycles. The lowest BCUT2D eigenvalue weighted by molar-refractivity contribution is 0.0952. The molecule has 0 aliphatic rings. The summed E-state index contributed by atoms with van der Waals surface area (Å²) >= 11 is 5.90. The van der Waals surface area contributed by atoms with Gasteiger partial charge in [0.25, 0.3) is 5.91 Å². The Labute approximate surface area is 99.0 Å². The molecule has 1 unspecified atom stereocenters. The second kappa shape index (κ2) is 6.43. The number of hydrogen-bond donors (Lipinski definition) is 1. The summed E-state index contributed by atoms with van der Waals surface area (Å²) < 4.78 is 12.8. The van der Waals surface area contributed by atoms with Crippen molar-refractivity contribution in [3.05, 3.63) is 29.8 Å². The van der Waals surface area contributed by atoms with Gasteiger partial charge in [0.1, 0.15) is 5.82 Å². The average Bonchev–Trinajstić information content (AvgIpc) is 2.28. The molecule has 1 N–H and O–H groups in total. The summed E-state index contributed by atoms with van der Waals surface area (Å²) in [5.41, 5.74) is 0.225. The molecular formula is C11H14ClFN2O. The third-order valence-corrected chi connectivity index (χ3v) is 2.68. The molecule has 1 amide bonds. The highest BCUT2D eigenvalue weighted by atomic mass is 35.5. The predicted octanol–water partition coefficient (Wildman–Crippen LogP) is 2.36. The van der Waals surface area contributed by atoms with Crippen LogP contribution in [0.2, 0.25) is 0 Å². The van der Waals surface area contributed by atoms with Crippen LogP contribution in [0.1, 0.15) is 30.1 Å². The Bertz CT molecular complexity index is 360. The van der Waals surface area contributed by atoms with Gasteiger partial charge in [-0.2, -0.15) is 0 Å². The van der Waals surface area contributed by atoms with E-state index >= 15 is 0 Å². The van der Waals surface area contributed by atoms with Crippen LogP contribution in [-0.2, 0) is 0 Å². The van der Waals surface area contributed by atoms with E-state index in [9.17, 15) is 9.18 Å². The Morgan fingerprint density at radius 3 is 3.00 bits per heavy atom. The molecular weight excluding hydrogens is 231 g/mol. The Hall–Kier alpha value is -1.16. The third-order valence-electron chi connectivity index (χ3n) is 2.15. The van der Waals surface area contributed by atoms with Crippen molar-refractivity contribution >= 4 is 17.5 Å². The maximum absolute atomic E-state index is 12.8. The van der Waals surface area contributed by atoms with Crippen LogP contribution in [0.15, 0.2) is 18.5 Å². The SMILES string of the molecule is CCC(Cl)CCNC(=O)c1cncc(F)c1. The summed E-state index contributed by atoms with van der Waals surface area (Å²) in [7, 11) is 0. The van der Waals surface area contributed by atoms with E-state index in [0.29, 0.717) is 13.0 Å². The average molecular weight is 245 g/mol. The number of rotatable bonds is 5. The van der Waals surface area contributed by atoms with Crippen LogP contribution in [0, 0.1) is 5.82 Å². The zero-order chi connectivity index (χ0) is 12.0.